The highest BCUT2D eigenvalue weighted by Crippen LogP contribution is 2.44. The quantitative estimate of drug-likeness (QED) is 0.117. The van der Waals surface area contributed by atoms with Crippen LogP contribution in [-0.2, 0) is 14.3 Å². The van der Waals surface area contributed by atoms with Crippen molar-refractivity contribution in [2.24, 2.45) is 0 Å². The number of rotatable bonds is 7. The van der Waals surface area contributed by atoms with E-state index in [1.807, 2.05) is 18.2 Å². The van der Waals surface area contributed by atoms with Gasteiger partial charge in [0.15, 0.2) is 5.13 Å². The van der Waals surface area contributed by atoms with Gasteiger partial charge in [-0.2, -0.15) is 0 Å². The summed E-state index contributed by atoms with van der Waals surface area (Å²) in [5.74, 6) is -2.66. The Morgan fingerprint density at radius 2 is 1.76 bits per heavy atom. The summed E-state index contributed by atoms with van der Waals surface area (Å²) in [4.78, 5) is 45.3. The van der Waals surface area contributed by atoms with E-state index in [-0.39, 0.29) is 27.8 Å². The molecule has 1 unspecified atom stereocenters. The number of hydrogen-bond donors (Lipinski definition) is 1. The molecule has 3 aromatic carbocycles. The Balaban J connectivity index is 1.67. The van der Waals surface area contributed by atoms with Gasteiger partial charge < -0.3 is 14.6 Å². The summed E-state index contributed by atoms with van der Waals surface area (Å²) in [6, 6.07) is 18.7. The van der Waals surface area contributed by atoms with Crippen molar-refractivity contribution in [2.45, 2.75) is 26.8 Å². The molecule has 1 N–H and O–H groups in total. The molecule has 1 aliphatic rings. The molecule has 4 aromatic rings. The van der Waals surface area contributed by atoms with E-state index in [2.05, 4.69) is 4.98 Å². The standard InChI is InChI=1S/C31H25FN2O6S/c1-4-39-30(38)28-18(3)33-31(41-28)34-25(19-9-8-12-22(15-19)40-21-10-6-5-7-11-21)24(27(36)29(34)37)26(35)20-14-13-17(2)23(32)16-20/h5-16,25,35H,4H2,1-3H3/b26-24+. The number of aromatic nitrogens is 1. The van der Waals surface area contributed by atoms with Crippen molar-refractivity contribution in [3.8, 4) is 11.5 Å². The Bertz CT molecular complexity index is 1700. The SMILES string of the molecule is CCOC(=O)c1sc(N2C(=O)C(=O)/C(=C(/O)c3ccc(C)c(F)c3)C2c2cccc(Oc3ccccc3)c2)nc1C. The Morgan fingerprint density at radius 1 is 1.02 bits per heavy atom. The monoisotopic (exact) mass is 572 g/mol. The van der Waals surface area contributed by atoms with Crippen molar-refractivity contribution in [2.75, 3.05) is 11.5 Å². The third-order valence-corrected chi connectivity index (χ3v) is 7.63. The molecule has 41 heavy (non-hydrogen) atoms. The number of anilines is 1. The zero-order valence-corrected chi connectivity index (χ0v) is 23.2. The molecule has 1 atom stereocenters. The number of hydrogen-bond acceptors (Lipinski definition) is 8. The number of nitrogens with zero attached hydrogens (tertiary/aromatic N) is 2. The van der Waals surface area contributed by atoms with Gasteiger partial charge in [0.2, 0.25) is 0 Å². The first-order valence-corrected chi connectivity index (χ1v) is 13.6. The first kappa shape index (κ1) is 27.7. The number of carbonyl (C=O) groups is 3. The van der Waals surface area contributed by atoms with E-state index in [0.717, 1.165) is 22.3 Å². The summed E-state index contributed by atoms with van der Waals surface area (Å²) in [6.07, 6.45) is 0. The summed E-state index contributed by atoms with van der Waals surface area (Å²) in [6.45, 7) is 4.99. The van der Waals surface area contributed by atoms with Crippen LogP contribution in [-0.4, -0.2) is 34.4 Å². The minimum Gasteiger partial charge on any atom is -0.507 e. The third-order valence-electron chi connectivity index (χ3n) is 6.49. The van der Waals surface area contributed by atoms with Gasteiger partial charge in [0.1, 0.15) is 28.0 Å². The minimum absolute atomic E-state index is 0.0373. The second-order valence-corrected chi connectivity index (χ2v) is 10.2. The zero-order chi connectivity index (χ0) is 29.3. The van der Waals surface area contributed by atoms with Crippen LogP contribution < -0.4 is 9.64 Å². The predicted octanol–water partition coefficient (Wildman–Crippen LogP) is 6.49. The van der Waals surface area contributed by atoms with Crippen LogP contribution in [0, 0.1) is 19.7 Å². The fourth-order valence-corrected chi connectivity index (χ4v) is 5.47. The normalized spacial score (nSPS) is 16.2. The lowest BCUT2D eigenvalue weighted by Gasteiger charge is -2.23. The number of amides is 1. The molecule has 2 heterocycles. The number of aryl methyl sites for hydroxylation is 2. The molecule has 10 heteroatoms. The summed E-state index contributed by atoms with van der Waals surface area (Å²) >= 11 is 0.902. The van der Waals surface area contributed by atoms with Crippen molar-refractivity contribution in [1.29, 1.82) is 0 Å². The van der Waals surface area contributed by atoms with Gasteiger partial charge in [-0.1, -0.05) is 53.8 Å². The fraction of sp³-hybridized carbons (Fsp3) is 0.161. The number of carbonyl (C=O) groups excluding carboxylic acids is 3. The van der Waals surface area contributed by atoms with Crippen LogP contribution in [0.4, 0.5) is 9.52 Å². The van der Waals surface area contributed by atoms with Gasteiger partial charge in [0.05, 0.1) is 23.9 Å². The van der Waals surface area contributed by atoms with Gasteiger partial charge in [-0.15, -0.1) is 0 Å². The lowest BCUT2D eigenvalue weighted by molar-refractivity contribution is -0.132. The highest BCUT2D eigenvalue weighted by molar-refractivity contribution is 7.17. The molecule has 0 aliphatic carbocycles. The van der Waals surface area contributed by atoms with Gasteiger partial charge in [0, 0.05) is 5.56 Å². The molecule has 8 nitrogen and oxygen atoms in total. The Kier molecular flexibility index (Phi) is 7.67. The van der Waals surface area contributed by atoms with E-state index >= 15 is 0 Å². The van der Waals surface area contributed by atoms with Crippen LogP contribution in [0.1, 0.15) is 45.0 Å². The van der Waals surface area contributed by atoms with Crippen LogP contribution in [0.5, 0.6) is 11.5 Å². The maximum Gasteiger partial charge on any atom is 0.350 e. The maximum atomic E-state index is 14.4. The Morgan fingerprint density at radius 3 is 2.46 bits per heavy atom. The number of aliphatic hydroxyl groups is 1. The second kappa shape index (κ2) is 11.3. The van der Waals surface area contributed by atoms with Crippen molar-refractivity contribution < 1.29 is 33.4 Å². The topological polar surface area (TPSA) is 106 Å². The van der Waals surface area contributed by atoms with E-state index < -0.39 is 35.3 Å². The van der Waals surface area contributed by atoms with Crippen LogP contribution in [0.3, 0.4) is 0 Å². The van der Waals surface area contributed by atoms with E-state index in [0.29, 0.717) is 28.3 Å². The third kappa shape index (κ3) is 5.33. The summed E-state index contributed by atoms with van der Waals surface area (Å²) in [7, 11) is 0. The number of ether oxygens (including phenoxy) is 2. The molecule has 0 spiro atoms. The largest absolute Gasteiger partial charge is 0.507 e. The van der Waals surface area contributed by atoms with Crippen molar-refractivity contribution in [3.05, 3.63) is 111 Å². The number of thiazole rings is 1. The first-order valence-electron chi connectivity index (χ1n) is 12.7. The van der Waals surface area contributed by atoms with Crippen LogP contribution in [0.25, 0.3) is 5.76 Å². The number of Topliss-reactive ketones (excluding diaryl/α,β-unsaturated/α-hetero) is 1. The number of halogens is 1. The molecule has 1 amide bonds. The van der Waals surface area contributed by atoms with Gasteiger partial charge in [0.25, 0.3) is 5.78 Å². The summed E-state index contributed by atoms with van der Waals surface area (Å²) < 4.78 is 25.5. The highest BCUT2D eigenvalue weighted by atomic mass is 32.1. The molecule has 1 aliphatic heterocycles. The average molecular weight is 573 g/mol. The average Bonchev–Trinajstić information content (AvgIpc) is 3.47. The minimum atomic E-state index is -1.15. The summed E-state index contributed by atoms with van der Waals surface area (Å²) in [5.41, 5.74) is 0.896. The van der Waals surface area contributed by atoms with Crippen molar-refractivity contribution in [1.82, 2.24) is 4.98 Å². The second-order valence-electron chi connectivity index (χ2n) is 9.25. The Labute approximate surface area is 239 Å². The van der Waals surface area contributed by atoms with Gasteiger partial charge in [-0.05, 0) is 62.2 Å². The van der Waals surface area contributed by atoms with E-state index in [9.17, 15) is 23.9 Å². The molecule has 1 fully saturated rings. The number of esters is 1. The van der Waals surface area contributed by atoms with Crippen molar-refractivity contribution >= 4 is 39.9 Å². The lowest BCUT2D eigenvalue weighted by Crippen LogP contribution is -2.29. The molecule has 0 bridgehead atoms. The molecule has 0 saturated carbocycles. The van der Waals surface area contributed by atoms with Crippen LogP contribution >= 0.6 is 11.3 Å². The molecule has 208 valence electrons. The molecule has 0 radical (unpaired) electrons. The Hall–Kier alpha value is -4.83. The number of benzene rings is 3. The smallest absolute Gasteiger partial charge is 0.350 e. The van der Waals surface area contributed by atoms with Crippen LogP contribution in [0.15, 0.2) is 78.4 Å². The van der Waals surface area contributed by atoms with E-state index in [4.69, 9.17) is 9.47 Å². The number of aliphatic hydroxyl groups excluding tert-OH is 1. The van der Waals surface area contributed by atoms with E-state index in [1.165, 1.54) is 12.1 Å². The van der Waals surface area contributed by atoms with Crippen LogP contribution in [0.2, 0.25) is 0 Å². The number of para-hydroxylation sites is 1. The van der Waals surface area contributed by atoms with Crippen molar-refractivity contribution in [3.63, 3.8) is 0 Å². The first-order chi connectivity index (χ1) is 19.7. The van der Waals surface area contributed by atoms with Gasteiger partial charge >= 0.3 is 11.9 Å². The van der Waals surface area contributed by atoms with E-state index in [1.54, 1.807) is 57.2 Å². The molecule has 5 rings (SSSR count). The lowest BCUT2D eigenvalue weighted by atomic mass is 9.95. The predicted molar refractivity (Wildman–Crippen MR) is 152 cm³/mol. The highest BCUT2D eigenvalue weighted by Gasteiger charge is 2.48. The molecule has 1 aromatic heterocycles. The fourth-order valence-electron chi connectivity index (χ4n) is 4.48. The summed E-state index contributed by atoms with van der Waals surface area (Å²) in [5, 5.41) is 11.4. The molecule has 1 saturated heterocycles. The number of ketones is 1. The molecular weight excluding hydrogens is 547 g/mol. The maximum absolute atomic E-state index is 14.4. The zero-order valence-electron chi connectivity index (χ0n) is 22.4. The van der Waals surface area contributed by atoms with Gasteiger partial charge in [-0.3, -0.25) is 14.5 Å². The van der Waals surface area contributed by atoms with Gasteiger partial charge in [-0.25, -0.2) is 14.2 Å². The molecular formula is C31H25FN2O6S.